The minimum absolute atomic E-state index is 0.429. The van der Waals surface area contributed by atoms with Crippen LogP contribution in [-0.4, -0.2) is 17.8 Å². The van der Waals surface area contributed by atoms with Crippen LogP contribution in [-0.2, 0) is 16.8 Å². The molecule has 1 aromatic carbocycles. The van der Waals surface area contributed by atoms with E-state index in [2.05, 4.69) is 31.2 Å². The van der Waals surface area contributed by atoms with Gasteiger partial charge in [-0.2, -0.15) is 0 Å². The third kappa shape index (κ3) is 4.05. The molecule has 1 N–H and O–H groups in total. The second kappa shape index (κ2) is 6.53. The van der Waals surface area contributed by atoms with Crippen LogP contribution in [0.25, 0.3) is 0 Å². The van der Waals surface area contributed by atoms with E-state index < -0.39 is 5.60 Å². The zero-order chi connectivity index (χ0) is 13.7. The first-order valence-electron chi connectivity index (χ1n) is 7.55. The zero-order valence-electron chi connectivity index (χ0n) is 12.2. The Morgan fingerprint density at radius 2 is 2.05 bits per heavy atom. The molecule has 1 aliphatic heterocycles. The topological polar surface area (TPSA) is 29.5 Å². The predicted molar refractivity (Wildman–Crippen MR) is 78.2 cm³/mol. The highest BCUT2D eigenvalue weighted by Gasteiger charge is 2.24. The second-order valence-corrected chi connectivity index (χ2v) is 5.85. The monoisotopic (exact) mass is 262 g/mol. The summed E-state index contributed by atoms with van der Waals surface area (Å²) in [4.78, 5) is 0. The molecule has 0 amide bonds. The van der Waals surface area contributed by atoms with E-state index in [0.29, 0.717) is 6.10 Å². The largest absolute Gasteiger partial charge is 0.385 e. The first kappa shape index (κ1) is 14.5. The Morgan fingerprint density at radius 3 is 2.63 bits per heavy atom. The number of ether oxygens (including phenoxy) is 1. The zero-order valence-corrected chi connectivity index (χ0v) is 12.2. The van der Waals surface area contributed by atoms with E-state index >= 15 is 0 Å². The molecule has 1 aromatic rings. The predicted octanol–water partition coefficient (Wildman–Crippen LogP) is 3.81. The van der Waals surface area contributed by atoms with E-state index in [9.17, 15) is 5.11 Å². The van der Waals surface area contributed by atoms with Crippen LogP contribution < -0.4 is 0 Å². The minimum Gasteiger partial charge on any atom is -0.385 e. The van der Waals surface area contributed by atoms with Gasteiger partial charge < -0.3 is 9.84 Å². The van der Waals surface area contributed by atoms with Crippen LogP contribution in [0.15, 0.2) is 24.3 Å². The van der Waals surface area contributed by atoms with Gasteiger partial charge in [-0.05, 0) is 56.6 Å². The van der Waals surface area contributed by atoms with Crippen molar-refractivity contribution in [1.82, 2.24) is 0 Å². The van der Waals surface area contributed by atoms with Gasteiger partial charge >= 0.3 is 0 Å². The molecule has 0 aliphatic carbocycles. The molecule has 0 bridgehead atoms. The van der Waals surface area contributed by atoms with E-state index in [1.165, 1.54) is 18.4 Å². The van der Waals surface area contributed by atoms with Crippen LogP contribution in [0.3, 0.4) is 0 Å². The molecule has 2 unspecified atom stereocenters. The number of hydrogen-bond acceptors (Lipinski definition) is 2. The summed E-state index contributed by atoms with van der Waals surface area (Å²) >= 11 is 0. The van der Waals surface area contributed by atoms with Crippen LogP contribution in [0.2, 0.25) is 0 Å². The smallest absolute Gasteiger partial charge is 0.0868 e. The van der Waals surface area contributed by atoms with E-state index in [-0.39, 0.29) is 0 Å². The average molecular weight is 262 g/mol. The Kier molecular flexibility index (Phi) is 5.00. The first-order chi connectivity index (χ1) is 9.12. The van der Waals surface area contributed by atoms with Gasteiger partial charge in [-0.1, -0.05) is 31.2 Å². The summed E-state index contributed by atoms with van der Waals surface area (Å²) in [6.45, 7) is 4.98. The number of aryl methyl sites for hydroxylation is 1. The molecule has 19 heavy (non-hydrogen) atoms. The molecule has 2 atom stereocenters. The standard InChI is InChI=1S/C17H26O2/c1-3-14-8-10-15(11-9-14)17(2,18)12-4-6-16-7-5-13-19-16/h8-11,16,18H,3-7,12-13H2,1-2H3. The van der Waals surface area contributed by atoms with Gasteiger partial charge in [-0.3, -0.25) is 0 Å². The normalized spacial score (nSPS) is 22.4. The molecule has 2 heteroatoms. The molecule has 2 rings (SSSR count). The van der Waals surface area contributed by atoms with Gasteiger partial charge in [0.1, 0.15) is 0 Å². The maximum atomic E-state index is 10.6. The van der Waals surface area contributed by atoms with Crippen molar-refractivity contribution < 1.29 is 9.84 Å². The minimum atomic E-state index is -0.717. The lowest BCUT2D eigenvalue weighted by Gasteiger charge is -2.24. The van der Waals surface area contributed by atoms with Crippen molar-refractivity contribution in [3.05, 3.63) is 35.4 Å². The summed E-state index contributed by atoms with van der Waals surface area (Å²) < 4.78 is 5.62. The van der Waals surface area contributed by atoms with E-state index in [0.717, 1.165) is 37.9 Å². The first-order valence-corrected chi connectivity index (χ1v) is 7.55. The SMILES string of the molecule is CCc1ccc(C(C)(O)CCCC2CCCO2)cc1. The summed E-state index contributed by atoms with van der Waals surface area (Å²) in [5.74, 6) is 0. The maximum absolute atomic E-state index is 10.6. The second-order valence-electron chi connectivity index (χ2n) is 5.85. The van der Waals surface area contributed by atoms with Crippen molar-refractivity contribution in [3.8, 4) is 0 Å². The molecule has 0 aromatic heterocycles. The molecular formula is C17H26O2. The Labute approximate surface area is 116 Å². The lowest BCUT2D eigenvalue weighted by atomic mass is 9.89. The number of rotatable bonds is 6. The van der Waals surface area contributed by atoms with E-state index in [1.807, 2.05) is 6.92 Å². The highest BCUT2D eigenvalue weighted by molar-refractivity contribution is 5.26. The number of aliphatic hydroxyl groups is 1. The fourth-order valence-electron chi connectivity index (χ4n) is 2.79. The Bertz CT molecular complexity index is 375. The number of hydrogen-bond donors (Lipinski definition) is 1. The average Bonchev–Trinajstić information content (AvgIpc) is 2.92. The summed E-state index contributed by atoms with van der Waals surface area (Å²) in [6, 6.07) is 8.35. The Balaban J connectivity index is 1.85. The van der Waals surface area contributed by atoms with Crippen molar-refractivity contribution >= 4 is 0 Å². The maximum Gasteiger partial charge on any atom is 0.0868 e. The molecule has 0 spiro atoms. The van der Waals surface area contributed by atoms with Gasteiger partial charge in [0.05, 0.1) is 11.7 Å². The van der Waals surface area contributed by atoms with Gasteiger partial charge in [0, 0.05) is 6.61 Å². The molecule has 106 valence electrons. The van der Waals surface area contributed by atoms with Crippen molar-refractivity contribution in [1.29, 1.82) is 0 Å². The quantitative estimate of drug-likeness (QED) is 0.845. The molecular weight excluding hydrogens is 236 g/mol. The molecule has 2 nitrogen and oxygen atoms in total. The number of benzene rings is 1. The van der Waals surface area contributed by atoms with E-state index in [4.69, 9.17) is 4.74 Å². The molecule has 0 saturated carbocycles. The summed E-state index contributed by atoms with van der Waals surface area (Å²) in [5.41, 5.74) is 1.63. The Hall–Kier alpha value is -0.860. The molecule has 1 heterocycles. The summed E-state index contributed by atoms with van der Waals surface area (Å²) in [6.07, 6.45) is 6.75. The third-order valence-electron chi connectivity index (χ3n) is 4.20. The van der Waals surface area contributed by atoms with Gasteiger partial charge in [0.2, 0.25) is 0 Å². The van der Waals surface area contributed by atoms with Crippen LogP contribution in [0, 0.1) is 0 Å². The summed E-state index contributed by atoms with van der Waals surface area (Å²) in [7, 11) is 0. The fraction of sp³-hybridized carbons (Fsp3) is 0.647. The van der Waals surface area contributed by atoms with Crippen LogP contribution >= 0.6 is 0 Å². The van der Waals surface area contributed by atoms with Crippen molar-refractivity contribution in [2.24, 2.45) is 0 Å². The lowest BCUT2D eigenvalue weighted by molar-refractivity contribution is 0.0372. The fourth-order valence-corrected chi connectivity index (χ4v) is 2.79. The van der Waals surface area contributed by atoms with Crippen molar-refractivity contribution in [2.75, 3.05) is 6.61 Å². The summed E-state index contributed by atoms with van der Waals surface area (Å²) in [5, 5.41) is 10.6. The van der Waals surface area contributed by atoms with Crippen LogP contribution in [0.5, 0.6) is 0 Å². The third-order valence-corrected chi connectivity index (χ3v) is 4.20. The lowest BCUT2D eigenvalue weighted by Crippen LogP contribution is -2.21. The van der Waals surface area contributed by atoms with Gasteiger partial charge in [0.25, 0.3) is 0 Å². The van der Waals surface area contributed by atoms with Gasteiger partial charge in [0.15, 0.2) is 0 Å². The van der Waals surface area contributed by atoms with Gasteiger partial charge in [-0.15, -0.1) is 0 Å². The molecule has 1 saturated heterocycles. The van der Waals surface area contributed by atoms with E-state index in [1.54, 1.807) is 0 Å². The molecule has 1 fully saturated rings. The Morgan fingerprint density at radius 1 is 1.32 bits per heavy atom. The van der Waals surface area contributed by atoms with Crippen LogP contribution in [0.4, 0.5) is 0 Å². The van der Waals surface area contributed by atoms with Gasteiger partial charge in [-0.25, -0.2) is 0 Å². The molecule has 1 aliphatic rings. The molecule has 0 radical (unpaired) electrons. The van der Waals surface area contributed by atoms with Crippen molar-refractivity contribution in [2.45, 2.75) is 64.1 Å². The van der Waals surface area contributed by atoms with Crippen LogP contribution in [0.1, 0.15) is 57.1 Å². The van der Waals surface area contributed by atoms with Crippen molar-refractivity contribution in [3.63, 3.8) is 0 Å². The highest BCUT2D eigenvalue weighted by atomic mass is 16.5. The highest BCUT2D eigenvalue weighted by Crippen LogP contribution is 2.28.